The summed E-state index contributed by atoms with van der Waals surface area (Å²) in [6.45, 7) is -1.77. The fraction of sp³-hybridized carbons (Fsp3) is 0.231. The van der Waals surface area contributed by atoms with Crippen LogP contribution in [-0.2, 0) is 0 Å². The van der Waals surface area contributed by atoms with Crippen molar-refractivity contribution < 1.29 is 13.5 Å². The maximum Gasteiger partial charge on any atom is 0.387 e. The van der Waals surface area contributed by atoms with Gasteiger partial charge in [0, 0.05) is 24.8 Å². The van der Waals surface area contributed by atoms with Crippen LogP contribution in [0.3, 0.4) is 0 Å². The molecule has 20 heavy (non-hydrogen) atoms. The Bertz CT molecular complexity index is 548. The number of hydrogen-bond acceptors (Lipinski definition) is 5. The van der Waals surface area contributed by atoms with E-state index in [0.717, 1.165) is 5.56 Å². The van der Waals surface area contributed by atoms with Crippen LogP contribution in [0, 0.1) is 0 Å². The molecule has 1 aromatic heterocycles. The Morgan fingerprint density at radius 2 is 1.95 bits per heavy atom. The molecule has 0 amide bonds. The zero-order chi connectivity index (χ0) is 14.4. The van der Waals surface area contributed by atoms with Crippen molar-refractivity contribution in [2.45, 2.75) is 6.61 Å². The second kappa shape index (κ2) is 6.76. The molecule has 2 rings (SSSR count). The lowest BCUT2D eigenvalue weighted by molar-refractivity contribution is -0.0498. The number of alkyl halides is 2. The zero-order valence-electron chi connectivity index (χ0n) is 10.6. The first-order valence-electron chi connectivity index (χ1n) is 6.01. The van der Waals surface area contributed by atoms with Gasteiger partial charge in [0.1, 0.15) is 5.75 Å². The second-order valence-electron chi connectivity index (χ2n) is 3.88. The van der Waals surface area contributed by atoms with E-state index in [1.165, 1.54) is 12.1 Å². The van der Waals surface area contributed by atoms with E-state index >= 15 is 0 Å². The number of hydrogen-bond donors (Lipinski definition) is 2. The monoisotopic (exact) mass is 280 g/mol. The summed E-state index contributed by atoms with van der Waals surface area (Å²) in [4.78, 5) is 8.36. The molecule has 0 radical (unpaired) electrons. The van der Waals surface area contributed by atoms with Gasteiger partial charge in [0.15, 0.2) is 0 Å². The molecule has 1 heterocycles. The van der Waals surface area contributed by atoms with Crippen molar-refractivity contribution in [1.29, 1.82) is 0 Å². The van der Waals surface area contributed by atoms with Gasteiger partial charge in [-0.25, -0.2) is 9.97 Å². The Morgan fingerprint density at radius 1 is 1.20 bits per heavy atom. The number of nitrogens with zero attached hydrogens (tertiary/aromatic N) is 2. The van der Waals surface area contributed by atoms with Crippen LogP contribution in [0.1, 0.15) is 0 Å². The quantitative estimate of drug-likeness (QED) is 0.848. The Morgan fingerprint density at radius 3 is 2.60 bits per heavy atom. The van der Waals surface area contributed by atoms with E-state index in [0.29, 0.717) is 24.7 Å². The molecule has 0 saturated heterocycles. The Labute approximate surface area is 114 Å². The van der Waals surface area contributed by atoms with Crippen molar-refractivity contribution in [2.75, 3.05) is 18.4 Å². The van der Waals surface area contributed by atoms with Crippen molar-refractivity contribution in [3.05, 3.63) is 36.5 Å². The van der Waals surface area contributed by atoms with Crippen LogP contribution < -0.4 is 15.8 Å². The van der Waals surface area contributed by atoms with Gasteiger partial charge < -0.3 is 15.8 Å². The summed E-state index contributed by atoms with van der Waals surface area (Å²) >= 11 is 0. The maximum atomic E-state index is 12.1. The van der Waals surface area contributed by atoms with E-state index < -0.39 is 6.61 Å². The van der Waals surface area contributed by atoms with Crippen molar-refractivity contribution in [3.63, 3.8) is 0 Å². The topological polar surface area (TPSA) is 73.1 Å². The smallest absolute Gasteiger partial charge is 0.387 e. The number of aromatic nitrogens is 2. The maximum absolute atomic E-state index is 12.1. The molecular weight excluding hydrogens is 266 g/mol. The molecule has 0 atom stereocenters. The molecule has 0 aliphatic carbocycles. The summed E-state index contributed by atoms with van der Waals surface area (Å²) in [5.41, 5.74) is 6.85. The van der Waals surface area contributed by atoms with Crippen LogP contribution in [0.5, 0.6) is 5.75 Å². The number of anilines is 1. The fourth-order valence-corrected chi connectivity index (χ4v) is 1.60. The van der Waals surface area contributed by atoms with E-state index in [9.17, 15) is 8.78 Å². The van der Waals surface area contributed by atoms with Crippen LogP contribution in [0.2, 0.25) is 0 Å². The molecule has 2 aromatic rings. The molecule has 0 saturated carbocycles. The molecule has 0 aliphatic heterocycles. The summed E-state index contributed by atoms with van der Waals surface area (Å²) in [7, 11) is 0. The molecular formula is C13H14F2N4O. The number of halogens is 2. The van der Waals surface area contributed by atoms with Gasteiger partial charge in [-0.2, -0.15) is 8.78 Å². The molecule has 0 spiro atoms. The Balaban J connectivity index is 2.14. The Kier molecular flexibility index (Phi) is 4.78. The van der Waals surface area contributed by atoms with Crippen LogP contribution in [-0.4, -0.2) is 29.7 Å². The molecule has 0 bridgehead atoms. The normalized spacial score (nSPS) is 10.6. The number of nitrogens with two attached hydrogens (primary N) is 1. The first-order valence-corrected chi connectivity index (χ1v) is 6.01. The SMILES string of the molecule is NCCNc1nccc(-c2ccc(OC(F)F)cc2)n1. The van der Waals surface area contributed by atoms with Crippen LogP contribution in [0.15, 0.2) is 36.5 Å². The fourth-order valence-electron chi connectivity index (χ4n) is 1.60. The summed E-state index contributed by atoms with van der Waals surface area (Å²) in [5.74, 6) is 0.583. The van der Waals surface area contributed by atoms with Gasteiger partial charge in [0.25, 0.3) is 0 Å². The van der Waals surface area contributed by atoms with Crippen molar-refractivity contribution >= 4 is 5.95 Å². The van der Waals surface area contributed by atoms with Gasteiger partial charge in [-0.15, -0.1) is 0 Å². The zero-order valence-corrected chi connectivity index (χ0v) is 10.6. The van der Waals surface area contributed by atoms with Crippen molar-refractivity contribution in [1.82, 2.24) is 9.97 Å². The second-order valence-corrected chi connectivity index (χ2v) is 3.88. The Hall–Kier alpha value is -2.28. The number of ether oxygens (including phenoxy) is 1. The average molecular weight is 280 g/mol. The predicted molar refractivity (Wildman–Crippen MR) is 71.6 cm³/mol. The van der Waals surface area contributed by atoms with Crippen LogP contribution in [0.4, 0.5) is 14.7 Å². The van der Waals surface area contributed by atoms with Gasteiger partial charge in [-0.05, 0) is 30.3 Å². The van der Waals surface area contributed by atoms with E-state index in [1.54, 1.807) is 24.4 Å². The molecule has 3 N–H and O–H groups in total. The van der Waals surface area contributed by atoms with Gasteiger partial charge >= 0.3 is 6.61 Å². The van der Waals surface area contributed by atoms with Crippen molar-refractivity contribution in [2.24, 2.45) is 5.73 Å². The molecule has 5 nitrogen and oxygen atoms in total. The summed E-state index contributed by atoms with van der Waals surface area (Å²) in [5, 5.41) is 2.97. The molecule has 106 valence electrons. The molecule has 0 unspecified atom stereocenters. The minimum Gasteiger partial charge on any atom is -0.435 e. The van der Waals surface area contributed by atoms with E-state index in [1.807, 2.05) is 0 Å². The molecule has 1 aromatic carbocycles. The standard InChI is InChI=1S/C13H14F2N4O/c14-12(15)20-10-3-1-9(2-4-10)11-5-7-17-13(19-11)18-8-6-16/h1-5,7,12H,6,8,16H2,(H,17,18,19). The first kappa shape index (κ1) is 14.1. The molecule has 0 aliphatic rings. The highest BCUT2D eigenvalue weighted by Crippen LogP contribution is 2.22. The van der Waals surface area contributed by atoms with Crippen LogP contribution in [0.25, 0.3) is 11.3 Å². The average Bonchev–Trinajstić information content (AvgIpc) is 2.45. The number of benzene rings is 1. The number of nitrogens with one attached hydrogen (secondary N) is 1. The minimum atomic E-state index is -2.83. The summed E-state index contributed by atoms with van der Waals surface area (Å²) in [6.07, 6.45) is 1.62. The third kappa shape index (κ3) is 3.86. The lowest BCUT2D eigenvalue weighted by Crippen LogP contribution is -2.14. The highest BCUT2D eigenvalue weighted by molar-refractivity contribution is 5.60. The van der Waals surface area contributed by atoms with Gasteiger partial charge in [-0.3, -0.25) is 0 Å². The minimum absolute atomic E-state index is 0.110. The highest BCUT2D eigenvalue weighted by atomic mass is 19.3. The van der Waals surface area contributed by atoms with E-state index in [-0.39, 0.29) is 5.75 Å². The molecule has 7 heteroatoms. The van der Waals surface area contributed by atoms with E-state index in [2.05, 4.69) is 20.0 Å². The lowest BCUT2D eigenvalue weighted by atomic mass is 10.1. The van der Waals surface area contributed by atoms with E-state index in [4.69, 9.17) is 5.73 Å². The van der Waals surface area contributed by atoms with Gasteiger partial charge in [0.05, 0.1) is 5.69 Å². The third-order valence-corrected chi connectivity index (χ3v) is 2.46. The van der Waals surface area contributed by atoms with Crippen molar-refractivity contribution in [3.8, 4) is 17.0 Å². The predicted octanol–water partition coefficient (Wildman–Crippen LogP) is 2.12. The number of rotatable bonds is 6. The largest absolute Gasteiger partial charge is 0.435 e. The first-order chi connectivity index (χ1) is 9.69. The highest BCUT2D eigenvalue weighted by Gasteiger charge is 2.05. The summed E-state index contributed by atoms with van der Waals surface area (Å²) < 4.78 is 28.4. The lowest BCUT2D eigenvalue weighted by Gasteiger charge is -2.07. The molecule has 0 fully saturated rings. The third-order valence-electron chi connectivity index (χ3n) is 2.46. The summed E-state index contributed by atoms with van der Waals surface area (Å²) in [6, 6.07) is 7.99. The van der Waals surface area contributed by atoms with Gasteiger partial charge in [-0.1, -0.05) is 0 Å². The van der Waals surface area contributed by atoms with Gasteiger partial charge in [0.2, 0.25) is 5.95 Å². The van der Waals surface area contributed by atoms with Crippen LogP contribution >= 0.6 is 0 Å².